The average Bonchev–Trinajstić information content (AvgIpc) is 3.27. The molecular formula is C17H19N5O. The highest BCUT2D eigenvalue weighted by Crippen LogP contribution is 2.20. The van der Waals surface area contributed by atoms with E-state index in [2.05, 4.69) is 10.1 Å². The molecule has 0 saturated carbocycles. The number of hydrogen-bond donors (Lipinski definition) is 0. The summed E-state index contributed by atoms with van der Waals surface area (Å²) in [5.74, 6) is 0.156. The van der Waals surface area contributed by atoms with Gasteiger partial charge < -0.3 is 9.30 Å². The highest BCUT2D eigenvalue weighted by atomic mass is 16.2. The Balaban J connectivity index is 1.47. The van der Waals surface area contributed by atoms with Gasteiger partial charge in [0.15, 0.2) is 0 Å². The summed E-state index contributed by atoms with van der Waals surface area (Å²) in [6, 6.07) is 8.01. The zero-order valence-electron chi connectivity index (χ0n) is 12.9. The molecule has 6 heteroatoms. The van der Waals surface area contributed by atoms with E-state index < -0.39 is 0 Å². The van der Waals surface area contributed by atoms with Crippen LogP contribution in [0.2, 0.25) is 0 Å². The number of fused-ring (bicyclic) bond motifs is 1. The van der Waals surface area contributed by atoms with Crippen LogP contribution in [0.5, 0.6) is 0 Å². The molecule has 1 atom stereocenters. The molecule has 0 bridgehead atoms. The Morgan fingerprint density at radius 3 is 3.04 bits per heavy atom. The number of carbonyl (C=O) groups is 1. The van der Waals surface area contributed by atoms with Crippen molar-refractivity contribution < 1.29 is 4.79 Å². The lowest BCUT2D eigenvalue weighted by molar-refractivity contribution is -0.131. The predicted molar refractivity (Wildman–Crippen MR) is 85.9 cm³/mol. The van der Waals surface area contributed by atoms with Gasteiger partial charge in [0.25, 0.3) is 0 Å². The van der Waals surface area contributed by atoms with E-state index in [1.165, 1.54) is 0 Å². The number of amides is 1. The van der Waals surface area contributed by atoms with Crippen LogP contribution in [0.1, 0.15) is 18.5 Å². The first-order chi connectivity index (χ1) is 11.3. The van der Waals surface area contributed by atoms with Gasteiger partial charge in [0, 0.05) is 31.3 Å². The molecule has 3 aromatic rings. The van der Waals surface area contributed by atoms with Crippen molar-refractivity contribution in [3.63, 3.8) is 0 Å². The minimum atomic E-state index is 0.156. The molecule has 3 aromatic heterocycles. The Morgan fingerprint density at radius 1 is 1.26 bits per heavy atom. The molecule has 0 radical (unpaired) electrons. The molecule has 0 unspecified atom stereocenters. The monoisotopic (exact) mass is 309 g/mol. The second-order valence-electron chi connectivity index (χ2n) is 5.99. The van der Waals surface area contributed by atoms with Gasteiger partial charge in [0.05, 0.1) is 24.7 Å². The van der Waals surface area contributed by atoms with Crippen molar-refractivity contribution in [1.29, 1.82) is 0 Å². The van der Waals surface area contributed by atoms with E-state index in [1.807, 2.05) is 56.8 Å². The van der Waals surface area contributed by atoms with E-state index in [0.29, 0.717) is 6.42 Å². The molecule has 1 amide bonds. The third kappa shape index (κ3) is 2.84. The van der Waals surface area contributed by atoms with Crippen molar-refractivity contribution in [1.82, 2.24) is 24.1 Å². The van der Waals surface area contributed by atoms with Crippen LogP contribution < -0.4 is 0 Å². The summed E-state index contributed by atoms with van der Waals surface area (Å²) in [4.78, 5) is 19.2. The van der Waals surface area contributed by atoms with Crippen molar-refractivity contribution in [2.24, 2.45) is 0 Å². The summed E-state index contributed by atoms with van der Waals surface area (Å²) in [7, 11) is 0. The van der Waals surface area contributed by atoms with E-state index in [0.717, 1.165) is 37.3 Å². The zero-order valence-corrected chi connectivity index (χ0v) is 12.9. The third-order valence-electron chi connectivity index (χ3n) is 4.40. The van der Waals surface area contributed by atoms with Crippen molar-refractivity contribution in [3.8, 4) is 0 Å². The SMILES string of the molecule is O=C(Cc1cn2ccccc2n1)N1CCC[C@H]1Cn1cccn1. The molecular weight excluding hydrogens is 290 g/mol. The number of imidazole rings is 1. The van der Waals surface area contributed by atoms with Crippen LogP contribution in [0.3, 0.4) is 0 Å². The topological polar surface area (TPSA) is 55.4 Å². The summed E-state index contributed by atoms with van der Waals surface area (Å²) >= 11 is 0. The van der Waals surface area contributed by atoms with Crippen molar-refractivity contribution in [2.75, 3.05) is 6.54 Å². The van der Waals surface area contributed by atoms with Gasteiger partial charge in [-0.1, -0.05) is 6.07 Å². The number of nitrogens with zero attached hydrogens (tertiary/aromatic N) is 5. The maximum absolute atomic E-state index is 12.7. The first-order valence-corrected chi connectivity index (χ1v) is 7.99. The first-order valence-electron chi connectivity index (χ1n) is 7.99. The van der Waals surface area contributed by atoms with Gasteiger partial charge in [-0.15, -0.1) is 0 Å². The molecule has 1 aliphatic rings. The van der Waals surface area contributed by atoms with E-state index in [1.54, 1.807) is 6.20 Å². The number of carbonyl (C=O) groups excluding carboxylic acids is 1. The van der Waals surface area contributed by atoms with E-state index in [4.69, 9.17) is 0 Å². The lowest BCUT2D eigenvalue weighted by atomic mass is 10.2. The molecule has 4 heterocycles. The van der Waals surface area contributed by atoms with Crippen LogP contribution in [0.25, 0.3) is 5.65 Å². The maximum atomic E-state index is 12.7. The standard InChI is InChI=1S/C17H19N5O/c23-17(11-14-12-20-8-2-1-6-16(20)19-14)22-10-3-5-15(22)13-21-9-4-7-18-21/h1-2,4,6-9,12,15H,3,5,10-11,13H2/t15-/m0/s1. The second kappa shape index (κ2) is 5.87. The normalized spacial score (nSPS) is 17.9. The fourth-order valence-electron chi connectivity index (χ4n) is 3.31. The smallest absolute Gasteiger partial charge is 0.228 e. The minimum absolute atomic E-state index is 0.156. The molecule has 6 nitrogen and oxygen atoms in total. The Bertz CT molecular complexity index is 774. The molecule has 1 saturated heterocycles. The third-order valence-corrected chi connectivity index (χ3v) is 4.40. The van der Waals surface area contributed by atoms with Crippen LogP contribution in [0.15, 0.2) is 49.1 Å². The van der Waals surface area contributed by atoms with Gasteiger partial charge in [0.1, 0.15) is 5.65 Å². The zero-order chi connectivity index (χ0) is 15.6. The maximum Gasteiger partial charge on any atom is 0.228 e. The molecule has 0 aromatic carbocycles. The first kappa shape index (κ1) is 14.0. The van der Waals surface area contributed by atoms with Crippen LogP contribution in [0.4, 0.5) is 0 Å². The summed E-state index contributed by atoms with van der Waals surface area (Å²) in [5, 5.41) is 4.25. The summed E-state index contributed by atoms with van der Waals surface area (Å²) in [5.41, 5.74) is 1.70. The van der Waals surface area contributed by atoms with Crippen LogP contribution in [-0.2, 0) is 17.8 Å². The van der Waals surface area contributed by atoms with Crippen molar-refractivity contribution in [2.45, 2.75) is 31.8 Å². The molecule has 118 valence electrons. The average molecular weight is 309 g/mol. The van der Waals surface area contributed by atoms with Crippen LogP contribution >= 0.6 is 0 Å². The number of aromatic nitrogens is 4. The van der Waals surface area contributed by atoms with Crippen molar-refractivity contribution >= 4 is 11.6 Å². The largest absolute Gasteiger partial charge is 0.338 e. The number of hydrogen-bond acceptors (Lipinski definition) is 3. The molecule has 0 spiro atoms. The fourth-order valence-corrected chi connectivity index (χ4v) is 3.31. The van der Waals surface area contributed by atoms with Gasteiger partial charge in [-0.3, -0.25) is 9.48 Å². The second-order valence-corrected chi connectivity index (χ2v) is 5.99. The number of likely N-dealkylation sites (tertiary alicyclic amines) is 1. The lowest BCUT2D eigenvalue weighted by Gasteiger charge is -2.24. The van der Waals surface area contributed by atoms with Gasteiger partial charge in [-0.25, -0.2) is 4.98 Å². The molecule has 0 N–H and O–H groups in total. The molecule has 1 fully saturated rings. The molecule has 1 aliphatic heterocycles. The number of pyridine rings is 1. The van der Waals surface area contributed by atoms with Crippen LogP contribution in [-0.4, -0.2) is 42.6 Å². The van der Waals surface area contributed by atoms with Gasteiger partial charge in [-0.05, 0) is 31.0 Å². The molecule has 4 rings (SSSR count). The predicted octanol–water partition coefficient (Wildman–Crippen LogP) is 1.76. The Morgan fingerprint density at radius 2 is 2.22 bits per heavy atom. The van der Waals surface area contributed by atoms with E-state index in [9.17, 15) is 4.79 Å². The molecule has 0 aliphatic carbocycles. The highest BCUT2D eigenvalue weighted by molar-refractivity contribution is 5.79. The summed E-state index contributed by atoms with van der Waals surface area (Å²) in [6.07, 6.45) is 10.1. The molecule has 23 heavy (non-hydrogen) atoms. The van der Waals surface area contributed by atoms with Gasteiger partial charge >= 0.3 is 0 Å². The Hall–Kier alpha value is -2.63. The summed E-state index contributed by atoms with van der Waals surface area (Å²) in [6.45, 7) is 1.60. The van der Waals surface area contributed by atoms with E-state index in [-0.39, 0.29) is 11.9 Å². The summed E-state index contributed by atoms with van der Waals surface area (Å²) < 4.78 is 3.86. The fraction of sp³-hybridized carbons (Fsp3) is 0.353. The Labute approximate surface area is 134 Å². The van der Waals surface area contributed by atoms with E-state index >= 15 is 0 Å². The Kier molecular flexibility index (Phi) is 3.57. The highest BCUT2D eigenvalue weighted by Gasteiger charge is 2.29. The van der Waals surface area contributed by atoms with Crippen LogP contribution in [0, 0.1) is 0 Å². The van der Waals surface area contributed by atoms with Crippen molar-refractivity contribution in [3.05, 3.63) is 54.7 Å². The number of rotatable bonds is 4. The lowest BCUT2D eigenvalue weighted by Crippen LogP contribution is -2.39. The minimum Gasteiger partial charge on any atom is -0.338 e. The quantitative estimate of drug-likeness (QED) is 0.738. The van der Waals surface area contributed by atoms with Gasteiger partial charge in [-0.2, -0.15) is 5.10 Å². The van der Waals surface area contributed by atoms with Gasteiger partial charge in [0.2, 0.25) is 5.91 Å².